The van der Waals surface area contributed by atoms with E-state index in [0.717, 1.165) is 0 Å². The number of esters is 1. The quantitative estimate of drug-likeness (QED) is 0.394. The van der Waals surface area contributed by atoms with Gasteiger partial charge in [-0.05, 0) is 44.2 Å². The van der Waals surface area contributed by atoms with Gasteiger partial charge in [-0.15, -0.1) is 0 Å². The molecule has 1 N–H and O–H groups in total. The van der Waals surface area contributed by atoms with E-state index in [4.69, 9.17) is 42.1 Å². The number of amides is 1. The van der Waals surface area contributed by atoms with Crippen LogP contribution >= 0.6 is 23.2 Å². The van der Waals surface area contributed by atoms with Crippen molar-refractivity contribution in [2.45, 2.75) is 19.4 Å². The zero-order valence-corrected chi connectivity index (χ0v) is 21.4. The van der Waals surface area contributed by atoms with Crippen molar-refractivity contribution in [3.63, 3.8) is 0 Å². The Morgan fingerprint density at radius 2 is 1.80 bits per heavy atom. The topological polar surface area (TPSA) is 101 Å². The Hall–Kier alpha value is -3.27. The Kier molecular flexibility index (Phi) is 8.26. The van der Waals surface area contributed by atoms with Gasteiger partial charge in [-0.3, -0.25) is 9.36 Å². The minimum absolute atomic E-state index is 0.0345. The summed E-state index contributed by atoms with van der Waals surface area (Å²) in [6.45, 7) is 3.54. The van der Waals surface area contributed by atoms with Gasteiger partial charge in [-0.1, -0.05) is 29.3 Å². The van der Waals surface area contributed by atoms with Crippen molar-refractivity contribution in [3.8, 4) is 17.4 Å². The van der Waals surface area contributed by atoms with Gasteiger partial charge >= 0.3 is 12.0 Å². The molecule has 0 atom stereocenters. The monoisotopic (exact) mass is 521 g/mol. The van der Waals surface area contributed by atoms with E-state index in [0.29, 0.717) is 16.5 Å². The first kappa shape index (κ1) is 26.3. The summed E-state index contributed by atoms with van der Waals surface area (Å²) < 4.78 is 23.0. The lowest BCUT2D eigenvalue weighted by Gasteiger charge is -2.24. The van der Waals surface area contributed by atoms with Crippen LogP contribution in [0.3, 0.4) is 0 Å². The van der Waals surface area contributed by atoms with Crippen LogP contribution in [-0.4, -0.2) is 55.0 Å². The molecule has 0 saturated carbocycles. The largest absolute Gasteiger partial charge is 0.497 e. The molecule has 9 nitrogen and oxygen atoms in total. The van der Waals surface area contributed by atoms with Crippen LogP contribution in [0.4, 0.5) is 5.82 Å². The van der Waals surface area contributed by atoms with E-state index in [2.05, 4.69) is 10.3 Å². The molecule has 0 bridgehead atoms. The fourth-order valence-electron chi connectivity index (χ4n) is 3.33. The summed E-state index contributed by atoms with van der Waals surface area (Å²) in [6.07, 6.45) is 0. The van der Waals surface area contributed by atoms with Crippen LogP contribution in [0, 0.1) is 0 Å². The highest BCUT2D eigenvalue weighted by Crippen LogP contribution is 2.31. The summed E-state index contributed by atoms with van der Waals surface area (Å²) in [4.78, 5) is 30.8. The van der Waals surface area contributed by atoms with Gasteiger partial charge in [0.2, 0.25) is 0 Å². The molecule has 3 aromatic rings. The van der Waals surface area contributed by atoms with Crippen LogP contribution in [0.2, 0.25) is 10.0 Å². The van der Waals surface area contributed by atoms with E-state index in [1.165, 1.54) is 44.1 Å². The van der Waals surface area contributed by atoms with E-state index in [9.17, 15) is 9.59 Å². The molecule has 1 amide bonds. The molecule has 3 rings (SSSR count). The number of methoxy groups -OCH3 is 3. The van der Waals surface area contributed by atoms with Gasteiger partial charge in [0, 0.05) is 18.2 Å². The number of halogens is 2. The fourth-order valence-corrected chi connectivity index (χ4v) is 3.82. The van der Waals surface area contributed by atoms with Crippen molar-refractivity contribution in [2.75, 3.05) is 33.3 Å². The van der Waals surface area contributed by atoms with Crippen LogP contribution in [0.15, 0.2) is 42.5 Å². The number of ether oxygens (including phenoxy) is 4. The maximum absolute atomic E-state index is 13.4. The molecule has 2 aromatic carbocycles. The number of benzene rings is 2. The predicted octanol–water partition coefficient (Wildman–Crippen LogP) is 5.03. The average molecular weight is 522 g/mol. The third-order valence-corrected chi connectivity index (χ3v) is 5.35. The first-order chi connectivity index (χ1) is 16.6. The van der Waals surface area contributed by atoms with Crippen molar-refractivity contribution in [3.05, 3.63) is 63.8 Å². The zero-order chi connectivity index (χ0) is 25.8. The summed E-state index contributed by atoms with van der Waals surface area (Å²) in [7, 11) is 4.42. The number of rotatable bonds is 9. The van der Waals surface area contributed by atoms with Crippen LogP contribution in [0.25, 0.3) is 5.69 Å². The van der Waals surface area contributed by atoms with Gasteiger partial charge in [-0.25, -0.2) is 4.79 Å². The molecule has 0 saturated heterocycles. The molecule has 186 valence electrons. The van der Waals surface area contributed by atoms with Gasteiger partial charge in [0.1, 0.15) is 11.4 Å². The molecular weight excluding hydrogens is 497 g/mol. The van der Waals surface area contributed by atoms with Crippen molar-refractivity contribution >= 4 is 40.9 Å². The highest BCUT2D eigenvalue weighted by Gasteiger charge is 2.32. The zero-order valence-electron chi connectivity index (χ0n) is 19.8. The Bertz CT molecular complexity index is 1240. The lowest BCUT2D eigenvalue weighted by molar-refractivity contribution is -0.0370. The Morgan fingerprint density at radius 1 is 1.06 bits per heavy atom. The maximum atomic E-state index is 13.4. The number of carbonyl (C=O) groups excluding carboxylic acids is 2. The second kappa shape index (κ2) is 11.0. The van der Waals surface area contributed by atoms with Gasteiger partial charge < -0.3 is 24.3 Å². The van der Waals surface area contributed by atoms with Gasteiger partial charge in [0.05, 0.1) is 37.1 Å². The van der Waals surface area contributed by atoms with Crippen LogP contribution in [-0.2, 0) is 9.47 Å². The molecular formula is C24H25Cl2N3O6. The van der Waals surface area contributed by atoms with Crippen molar-refractivity contribution in [2.24, 2.45) is 0 Å². The third-order valence-electron chi connectivity index (χ3n) is 4.80. The number of anilines is 1. The van der Waals surface area contributed by atoms with Gasteiger partial charge in [0.25, 0.3) is 5.91 Å². The number of nitrogens with zero attached hydrogens (tertiary/aromatic N) is 2. The van der Waals surface area contributed by atoms with Gasteiger partial charge in [-0.2, -0.15) is 4.98 Å². The molecule has 0 radical (unpaired) electrons. The SMILES string of the molecule is COCC(C)(C)OC(=O)c1c(NC(=O)c2ccc(Cl)cc2Cl)nc(OC)n1-c1cccc(OC)c1. The number of hydrogen-bond acceptors (Lipinski definition) is 7. The van der Waals surface area contributed by atoms with Crippen molar-refractivity contribution < 1.29 is 28.5 Å². The lowest BCUT2D eigenvalue weighted by Crippen LogP contribution is -2.34. The van der Waals surface area contributed by atoms with E-state index in [1.807, 2.05) is 0 Å². The minimum atomic E-state index is -0.969. The van der Waals surface area contributed by atoms with E-state index in [1.54, 1.807) is 38.1 Å². The molecule has 0 fully saturated rings. The molecule has 0 aliphatic heterocycles. The first-order valence-electron chi connectivity index (χ1n) is 10.4. The molecule has 1 aromatic heterocycles. The predicted molar refractivity (Wildman–Crippen MR) is 132 cm³/mol. The normalized spacial score (nSPS) is 11.2. The molecule has 0 spiro atoms. The molecule has 35 heavy (non-hydrogen) atoms. The Balaban J connectivity index is 2.14. The van der Waals surface area contributed by atoms with E-state index in [-0.39, 0.29) is 34.7 Å². The van der Waals surface area contributed by atoms with Crippen LogP contribution in [0.5, 0.6) is 11.8 Å². The van der Waals surface area contributed by atoms with Gasteiger partial charge in [0.15, 0.2) is 11.5 Å². The minimum Gasteiger partial charge on any atom is -0.497 e. The summed E-state index contributed by atoms with van der Waals surface area (Å²) in [6, 6.07) is 11.4. The molecule has 1 heterocycles. The summed E-state index contributed by atoms with van der Waals surface area (Å²) in [5.41, 5.74) is -0.401. The Labute approximate surface area is 212 Å². The number of carbonyl (C=O) groups is 2. The highest BCUT2D eigenvalue weighted by molar-refractivity contribution is 6.37. The first-order valence-corrected chi connectivity index (χ1v) is 11.2. The number of imidazole rings is 1. The average Bonchev–Trinajstić information content (AvgIpc) is 3.16. The van der Waals surface area contributed by atoms with E-state index < -0.39 is 17.5 Å². The second-order valence-corrected chi connectivity index (χ2v) is 8.84. The molecule has 0 aliphatic carbocycles. The molecule has 0 unspecified atom stereocenters. The molecule has 11 heteroatoms. The summed E-state index contributed by atoms with van der Waals surface area (Å²) in [5, 5.41) is 3.15. The maximum Gasteiger partial charge on any atom is 0.359 e. The standard InChI is InChI=1S/C24H25Cl2N3O6/c1-24(2,13-32-3)35-22(31)19-20(27-21(30)17-10-9-14(25)11-18(17)26)28-23(34-5)29(19)15-7-6-8-16(12-15)33-4/h6-12H,13H2,1-5H3,(H,27,30). The highest BCUT2D eigenvalue weighted by atomic mass is 35.5. The molecule has 0 aliphatic rings. The smallest absolute Gasteiger partial charge is 0.359 e. The van der Waals surface area contributed by atoms with Crippen LogP contribution in [0.1, 0.15) is 34.7 Å². The van der Waals surface area contributed by atoms with Crippen LogP contribution < -0.4 is 14.8 Å². The number of aromatic nitrogens is 2. The number of hydrogen-bond donors (Lipinski definition) is 1. The Morgan fingerprint density at radius 3 is 2.43 bits per heavy atom. The second-order valence-electron chi connectivity index (χ2n) is 7.99. The summed E-state index contributed by atoms with van der Waals surface area (Å²) >= 11 is 12.1. The van der Waals surface area contributed by atoms with E-state index >= 15 is 0 Å². The summed E-state index contributed by atoms with van der Waals surface area (Å²) in [5.74, 6) is -0.910. The lowest BCUT2D eigenvalue weighted by atomic mass is 10.1. The van der Waals surface area contributed by atoms with Crippen molar-refractivity contribution in [1.29, 1.82) is 0 Å². The fraction of sp³-hybridized carbons (Fsp3) is 0.292. The number of nitrogens with one attached hydrogen (secondary N) is 1. The van der Waals surface area contributed by atoms with Crippen molar-refractivity contribution in [1.82, 2.24) is 9.55 Å². The third kappa shape index (κ3) is 6.05.